The topological polar surface area (TPSA) is 52.4 Å². The largest absolute Gasteiger partial charge is 0.489 e. The van der Waals surface area contributed by atoms with Crippen LogP contribution in [0.25, 0.3) is 0 Å². The van der Waals surface area contributed by atoms with Crippen molar-refractivity contribution in [3.63, 3.8) is 0 Å². The van der Waals surface area contributed by atoms with Gasteiger partial charge < -0.3 is 4.74 Å². The maximum Gasteiger partial charge on any atom is 0.269 e. The van der Waals surface area contributed by atoms with Gasteiger partial charge in [0.25, 0.3) is 5.69 Å². The SMILES string of the molecule is O=[N+]([O-])[13c]1[13cH][13cH][13c](OCc2ccccc2)[13cH][13cH]1. The molecule has 86 valence electrons. The predicted octanol–water partition coefficient (Wildman–Crippen LogP) is 3.17. The first kappa shape index (κ1) is 11.1. The molecule has 17 heavy (non-hydrogen) atoms. The Morgan fingerprint density at radius 3 is 2.24 bits per heavy atom. The van der Waals surface area contributed by atoms with Crippen LogP contribution in [0.15, 0.2) is 54.6 Å². The van der Waals surface area contributed by atoms with Crippen LogP contribution in [0.1, 0.15) is 5.56 Å². The zero-order chi connectivity index (χ0) is 12.1. The summed E-state index contributed by atoms with van der Waals surface area (Å²) in [5, 5.41) is 10.5. The standard InChI is InChI=1S/C13H11NO3/c15-14(16)12-6-8-13(9-7-12)17-10-11-4-2-1-3-5-11/h1-9H,10H2/i6+1,7+1,8+1,9+1,12+1,13+1. The highest BCUT2D eigenvalue weighted by Gasteiger charge is 2.04. The molecule has 0 aromatic heterocycles. The van der Waals surface area contributed by atoms with Crippen molar-refractivity contribution in [3.8, 4) is 5.75 Å². The number of hydrogen-bond donors (Lipinski definition) is 0. The highest BCUT2D eigenvalue weighted by Crippen LogP contribution is 2.18. The van der Waals surface area contributed by atoms with E-state index in [0.29, 0.717) is 12.4 Å². The van der Waals surface area contributed by atoms with Gasteiger partial charge >= 0.3 is 0 Å². The predicted molar refractivity (Wildman–Crippen MR) is 63.9 cm³/mol. The molecule has 2 aromatic rings. The molecular weight excluding hydrogens is 224 g/mol. The highest BCUT2D eigenvalue weighted by atomic mass is 16.6. The normalized spacial score (nSPS) is 9.88. The lowest BCUT2D eigenvalue weighted by Crippen LogP contribution is -1.95. The summed E-state index contributed by atoms with van der Waals surface area (Å²) in [6.07, 6.45) is 0. The van der Waals surface area contributed by atoms with Gasteiger partial charge in [0.2, 0.25) is 0 Å². The quantitative estimate of drug-likeness (QED) is 0.604. The van der Waals surface area contributed by atoms with Gasteiger partial charge in [-0.05, 0) is 17.7 Å². The molecule has 0 bridgehead atoms. The van der Waals surface area contributed by atoms with E-state index < -0.39 is 4.92 Å². The van der Waals surface area contributed by atoms with Crippen LogP contribution in [0.3, 0.4) is 0 Å². The van der Waals surface area contributed by atoms with Gasteiger partial charge in [-0.3, -0.25) is 10.1 Å². The molecule has 0 aliphatic rings. The Bertz CT molecular complexity index is 494. The Balaban J connectivity index is 1.98. The van der Waals surface area contributed by atoms with Crippen LogP contribution in [0.2, 0.25) is 0 Å². The molecule has 0 aliphatic carbocycles. The van der Waals surface area contributed by atoms with Crippen molar-refractivity contribution in [2.75, 3.05) is 0 Å². The lowest BCUT2D eigenvalue weighted by molar-refractivity contribution is -0.384. The molecule has 0 unspecified atom stereocenters. The maximum absolute atomic E-state index is 10.5. The summed E-state index contributed by atoms with van der Waals surface area (Å²) >= 11 is 0. The molecule has 2 aromatic carbocycles. The minimum Gasteiger partial charge on any atom is -0.489 e. The van der Waals surface area contributed by atoms with Crippen molar-refractivity contribution in [2.24, 2.45) is 0 Å². The molecule has 0 N–H and O–H groups in total. The second-order valence-electron chi connectivity index (χ2n) is 3.53. The van der Waals surface area contributed by atoms with Crippen LogP contribution in [-0.4, -0.2) is 4.92 Å². The summed E-state index contributed by atoms with van der Waals surface area (Å²) in [6, 6.07) is 15.8. The van der Waals surface area contributed by atoms with Gasteiger partial charge in [-0.25, -0.2) is 0 Å². The fraction of sp³-hybridized carbons (Fsp3) is 0.0769. The lowest BCUT2D eigenvalue weighted by atomic mass is 10.2. The molecule has 0 amide bonds. The van der Waals surface area contributed by atoms with Crippen molar-refractivity contribution in [3.05, 3.63) is 70.3 Å². The molecule has 4 nitrogen and oxygen atoms in total. The third-order valence-electron chi connectivity index (χ3n) is 2.30. The van der Waals surface area contributed by atoms with Crippen LogP contribution in [0.4, 0.5) is 5.69 Å². The van der Waals surface area contributed by atoms with Crippen LogP contribution in [0, 0.1) is 10.1 Å². The maximum atomic E-state index is 10.5. The molecule has 0 fully saturated rings. The molecule has 0 spiro atoms. The van der Waals surface area contributed by atoms with Gasteiger partial charge in [-0.2, -0.15) is 0 Å². The second kappa shape index (κ2) is 5.12. The molecule has 0 aliphatic heterocycles. The zero-order valence-electron chi connectivity index (χ0n) is 9.08. The number of hydrogen-bond acceptors (Lipinski definition) is 3. The number of rotatable bonds is 4. The van der Waals surface area contributed by atoms with Crippen molar-refractivity contribution < 1.29 is 9.66 Å². The van der Waals surface area contributed by atoms with Gasteiger partial charge in [-0.1, -0.05) is 30.3 Å². The van der Waals surface area contributed by atoms with E-state index in [4.69, 9.17) is 4.74 Å². The molecule has 2 rings (SSSR count). The number of nitro benzene ring substituents is 1. The van der Waals surface area contributed by atoms with E-state index >= 15 is 0 Å². The van der Waals surface area contributed by atoms with E-state index in [1.54, 1.807) is 12.1 Å². The summed E-state index contributed by atoms with van der Waals surface area (Å²) in [6.45, 7) is 0.457. The van der Waals surface area contributed by atoms with E-state index in [0.717, 1.165) is 5.56 Å². The van der Waals surface area contributed by atoms with Crippen molar-refractivity contribution >= 4 is 5.69 Å². The summed E-state index contributed by atoms with van der Waals surface area (Å²) in [4.78, 5) is 10.0. The molecule has 0 saturated carbocycles. The van der Waals surface area contributed by atoms with E-state index in [1.165, 1.54) is 12.1 Å². The Hall–Kier alpha value is -2.36. The lowest BCUT2D eigenvalue weighted by Gasteiger charge is -2.05. The van der Waals surface area contributed by atoms with Gasteiger partial charge in [0.05, 0.1) is 4.92 Å². The summed E-state index contributed by atoms with van der Waals surface area (Å²) < 4.78 is 5.50. The summed E-state index contributed by atoms with van der Waals surface area (Å²) in [5.74, 6) is 0.624. The molecular formula is C13H11NO3. The third kappa shape index (κ3) is 3.04. The second-order valence-corrected chi connectivity index (χ2v) is 3.53. The van der Waals surface area contributed by atoms with Gasteiger partial charge in [-0.15, -0.1) is 0 Å². The summed E-state index contributed by atoms with van der Waals surface area (Å²) in [7, 11) is 0. The number of nitrogens with zero attached hydrogens (tertiary/aromatic N) is 1. The molecule has 0 heterocycles. The average molecular weight is 235 g/mol. The minimum absolute atomic E-state index is 0.0667. The van der Waals surface area contributed by atoms with Crippen LogP contribution in [-0.2, 0) is 6.61 Å². The van der Waals surface area contributed by atoms with Gasteiger partial charge in [0, 0.05) is 12.1 Å². The molecule has 0 radical (unpaired) electrons. The molecule has 4 heteroatoms. The van der Waals surface area contributed by atoms with Crippen LogP contribution in [0.5, 0.6) is 5.75 Å². The Morgan fingerprint density at radius 1 is 1.00 bits per heavy atom. The number of non-ortho nitro benzene ring substituents is 1. The number of nitro groups is 1. The first-order valence-electron chi connectivity index (χ1n) is 5.17. The van der Waals surface area contributed by atoms with E-state index in [1.807, 2.05) is 30.3 Å². The zero-order valence-corrected chi connectivity index (χ0v) is 9.08. The first-order chi connectivity index (χ1) is 8.25. The fourth-order valence-corrected chi connectivity index (χ4v) is 1.40. The van der Waals surface area contributed by atoms with Gasteiger partial charge in [0.15, 0.2) is 0 Å². The fourth-order valence-electron chi connectivity index (χ4n) is 1.40. The highest BCUT2D eigenvalue weighted by molar-refractivity contribution is 5.36. The third-order valence-corrected chi connectivity index (χ3v) is 2.30. The first-order valence-corrected chi connectivity index (χ1v) is 5.17. The Kier molecular flexibility index (Phi) is 3.35. The van der Waals surface area contributed by atoms with Crippen LogP contribution < -0.4 is 4.74 Å². The Labute approximate surface area is 98.6 Å². The van der Waals surface area contributed by atoms with E-state index in [9.17, 15) is 10.1 Å². The number of ether oxygens (including phenoxy) is 1. The minimum atomic E-state index is -0.430. The molecule has 0 atom stereocenters. The van der Waals surface area contributed by atoms with Crippen LogP contribution >= 0.6 is 0 Å². The van der Waals surface area contributed by atoms with Gasteiger partial charge in [0.1, 0.15) is 12.4 Å². The van der Waals surface area contributed by atoms with Crippen molar-refractivity contribution in [2.45, 2.75) is 6.61 Å². The number of benzene rings is 2. The van der Waals surface area contributed by atoms with Crippen molar-refractivity contribution in [1.29, 1.82) is 0 Å². The Morgan fingerprint density at radius 2 is 1.65 bits per heavy atom. The van der Waals surface area contributed by atoms with E-state index in [-0.39, 0.29) is 5.69 Å². The van der Waals surface area contributed by atoms with E-state index in [2.05, 4.69) is 0 Å². The molecule has 0 saturated heterocycles. The average Bonchev–Trinajstić information content (AvgIpc) is 2.38. The monoisotopic (exact) mass is 235 g/mol. The van der Waals surface area contributed by atoms with Crippen molar-refractivity contribution in [1.82, 2.24) is 0 Å². The smallest absolute Gasteiger partial charge is 0.269 e. The summed E-state index contributed by atoms with van der Waals surface area (Å²) in [5.41, 5.74) is 1.13.